The average Bonchev–Trinajstić information content (AvgIpc) is 2.91. The van der Waals surface area contributed by atoms with Gasteiger partial charge in [0.25, 0.3) is 0 Å². The number of aliphatic hydroxyl groups is 1. The van der Waals surface area contributed by atoms with Gasteiger partial charge in [0.1, 0.15) is 0 Å². The minimum atomic E-state index is -1.25. The van der Waals surface area contributed by atoms with Gasteiger partial charge >= 0.3 is 5.97 Å². The zero-order valence-electron chi connectivity index (χ0n) is 12.0. The number of furan rings is 1. The van der Waals surface area contributed by atoms with Crippen LogP contribution in [-0.2, 0) is 21.9 Å². The summed E-state index contributed by atoms with van der Waals surface area (Å²) in [5.41, 5.74) is -0.0934. The Morgan fingerprint density at radius 1 is 1.50 bits per heavy atom. The molecular weight excluding hydrogens is 374 g/mol. The van der Waals surface area contributed by atoms with Crippen LogP contribution in [0.1, 0.15) is 25.2 Å². The van der Waals surface area contributed by atoms with Gasteiger partial charge in [-0.15, -0.1) is 0 Å². The standard InChI is InChI=1S/C15H15BrClNO4/c1-9(20)22-15(2,14-5-10(7-19)8-21-14)18-13-4-3-11(16)6-12(13)17/h3-6,8,18-19H,7H2,1-2H3. The third-order valence-electron chi connectivity index (χ3n) is 2.96. The van der Waals surface area contributed by atoms with Crippen LogP contribution < -0.4 is 5.32 Å². The van der Waals surface area contributed by atoms with Crippen molar-refractivity contribution in [1.82, 2.24) is 0 Å². The summed E-state index contributed by atoms with van der Waals surface area (Å²) >= 11 is 9.52. The van der Waals surface area contributed by atoms with E-state index in [1.807, 2.05) is 6.07 Å². The van der Waals surface area contributed by atoms with Gasteiger partial charge in [-0.1, -0.05) is 27.5 Å². The molecule has 0 spiro atoms. The summed E-state index contributed by atoms with van der Waals surface area (Å²) in [6, 6.07) is 6.90. The van der Waals surface area contributed by atoms with Crippen LogP contribution in [0.4, 0.5) is 5.69 Å². The first kappa shape index (κ1) is 16.9. The maximum absolute atomic E-state index is 11.4. The van der Waals surface area contributed by atoms with Crippen molar-refractivity contribution in [3.8, 4) is 0 Å². The molecule has 0 fully saturated rings. The van der Waals surface area contributed by atoms with Crippen molar-refractivity contribution >= 4 is 39.2 Å². The van der Waals surface area contributed by atoms with E-state index < -0.39 is 11.7 Å². The molecule has 2 rings (SSSR count). The van der Waals surface area contributed by atoms with Crippen molar-refractivity contribution in [2.24, 2.45) is 0 Å². The molecular formula is C15H15BrClNO4. The van der Waals surface area contributed by atoms with Gasteiger partial charge in [-0.25, -0.2) is 0 Å². The van der Waals surface area contributed by atoms with Crippen molar-refractivity contribution in [2.45, 2.75) is 26.2 Å². The fourth-order valence-corrected chi connectivity index (χ4v) is 2.70. The minimum Gasteiger partial charge on any atom is -0.463 e. The summed E-state index contributed by atoms with van der Waals surface area (Å²) in [5.74, 6) is -0.129. The predicted octanol–water partition coefficient (Wildman–Crippen LogP) is 4.04. The number of esters is 1. The van der Waals surface area contributed by atoms with Gasteiger partial charge in [-0.2, -0.15) is 0 Å². The van der Waals surface area contributed by atoms with Crippen LogP contribution in [-0.4, -0.2) is 11.1 Å². The second-order valence-corrected chi connectivity index (χ2v) is 6.18. The lowest BCUT2D eigenvalue weighted by Gasteiger charge is -2.29. The number of hydrogen-bond acceptors (Lipinski definition) is 5. The zero-order chi connectivity index (χ0) is 16.3. The number of carbonyl (C=O) groups is 1. The fraction of sp³-hybridized carbons (Fsp3) is 0.267. The van der Waals surface area contributed by atoms with E-state index in [1.165, 1.54) is 13.2 Å². The zero-order valence-corrected chi connectivity index (χ0v) is 14.4. The molecule has 5 nitrogen and oxygen atoms in total. The normalized spacial score (nSPS) is 13.5. The molecule has 118 valence electrons. The van der Waals surface area contributed by atoms with Gasteiger partial charge in [0.2, 0.25) is 5.72 Å². The lowest BCUT2D eigenvalue weighted by molar-refractivity contribution is -0.155. The van der Waals surface area contributed by atoms with E-state index in [0.29, 0.717) is 22.0 Å². The number of aliphatic hydroxyl groups excluding tert-OH is 1. The van der Waals surface area contributed by atoms with Crippen molar-refractivity contribution in [3.05, 3.63) is 51.3 Å². The van der Waals surface area contributed by atoms with E-state index in [-0.39, 0.29) is 6.61 Å². The van der Waals surface area contributed by atoms with Crippen LogP contribution in [0.3, 0.4) is 0 Å². The maximum atomic E-state index is 11.4. The SMILES string of the molecule is CC(=O)OC(C)(Nc1ccc(Br)cc1Cl)c1cc(CO)co1. The summed E-state index contributed by atoms with van der Waals surface area (Å²) in [7, 11) is 0. The Bertz CT molecular complexity index is 688. The third-order valence-corrected chi connectivity index (χ3v) is 3.76. The molecule has 22 heavy (non-hydrogen) atoms. The Hall–Kier alpha value is -1.50. The molecule has 0 amide bonds. The molecule has 0 aliphatic rings. The quantitative estimate of drug-likeness (QED) is 0.597. The van der Waals surface area contributed by atoms with Crippen LogP contribution in [0.15, 0.2) is 39.4 Å². The third kappa shape index (κ3) is 3.82. The minimum absolute atomic E-state index is 0.168. The molecule has 0 radical (unpaired) electrons. The number of anilines is 1. The molecule has 1 heterocycles. The molecule has 0 aliphatic carbocycles. The molecule has 1 aromatic carbocycles. The van der Waals surface area contributed by atoms with Gasteiger partial charge < -0.3 is 19.6 Å². The van der Waals surface area contributed by atoms with Gasteiger partial charge in [0, 0.05) is 23.9 Å². The van der Waals surface area contributed by atoms with Crippen LogP contribution in [0.25, 0.3) is 0 Å². The number of nitrogens with one attached hydrogen (secondary N) is 1. The number of benzene rings is 1. The van der Waals surface area contributed by atoms with Gasteiger partial charge in [0.15, 0.2) is 5.76 Å². The number of halogens is 2. The Morgan fingerprint density at radius 3 is 2.77 bits per heavy atom. The highest BCUT2D eigenvalue weighted by Gasteiger charge is 2.34. The van der Waals surface area contributed by atoms with Crippen LogP contribution in [0, 0.1) is 0 Å². The van der Waals surface area contributed by atoms with Crippen molar-refractivity contribution in [3.63, 3.8) is 0 Å². The van der Waals surface area contributed by atoms with Crippen LogP contribution in [0.5, 0.6) is 0 Å². The Morgan fingerprint density at radius 2 is 2.23 bits per heavy atom. The number of carbonyl (C=O) groups excluding carboxylic acids is 1. The Balaban J connectivity index is 2.38. The smallest absolute Gasteiger partial charge is 0.305 e. The van der Waals surface area contributed by atoms with Crippen molar-refractivity contribution in [2.75, 3.05) is 5.32 Å². The van der Waals surface area contributed by atoms with E-state index in [9.17, 15) is 4.79 Å². The molecule has 7 heteroatoms. The molecule has 1 aromatic heterocycles. The highest BCUT2D eigenvalue weighted by atomic mass is 79.9. The van der Waals surface area contributed by atoms with Gasteiger partial charge in [0.05, 0.1) is 23.6 Å². The predicted molar refractivity (Wildman–Crippen MR) is 86.5 cm³/mol. The van der Waals surface area contributed by atoms with Crippen LogP contribution in [0.2, 0.25) is 5.02 Å². The van der Waals surface area contributed by atoms with Crippen LogP contribution >= 0.6 is 27.5 Å². The molecule has 1 atom stereocenters. The summed E-state index contributed by atoms with van der Waals surface area (Å²) in [4.78, 5) is 11.4. The second-order valence-electron chi connectivity index (χ2n) is 4.85. The highest BCUT2D eigenvalue weighted by molar-refractivity contribution is 9.10. The lowest BCUT2D eigenvalue weighted by atomic mass is 10.1. The molecule has 2 N–H and O–H groups in total. The fourth-order valence-electron chi connectivity index (χ4n) is 1.98. The van der Waals surface area contributed by atoms with E-state index in [4.69, 9.17) is 25.9 Å². The Labute approximate surface area is 141 Å². The van der Waals surface area contributed by atoms with Crippen molar-refractivity contribution in [1.29, 1.82) is 0 Å². The topological polar surface area (TPSA) is 71.7 Å². The second kappa shape index (κ2) is 6.73. The first-order chi connectivity index (χ1) is 10.3. The molecule has 0 bridgehead atoms. The van der Waals surface area contributed by atoms with Gasteiger partial charge in [-0.3, -0.25) is 4.79 Å². The van der Waals surface area contributed by atoms with E-state index >= 15 is 0 Å². The van der Waals surface area contributed by atoms with Crippen molar-refractivity contribution < 1.29 is 19.1 Å². The molecule has 0 saturated carbocycles. The lowest BCUT2D eigenvalue weighted by Crippen LogP contribution is -2.36. The molecule has 1 unspecified atom stereocenters. The molecule has 0 aliphatic heterocycles. The molecule has 0 saturated heterocycles. The number of ether oxygens (including phenoxy) is 1. The largest absolute Gasteiger partial charge is 0.463 e. The number of rotatable bonds is 5. The summed E-state index contributed by atoms with van der Waals surface area (Å²) < 4.78 is 11.6. The van der Waals surface area contributed by atoms with Gasteiger partial charge in [-0.05, 0) is 24.3 Å². The molecule has 2 aromatic rings. The highest BCUT2D eigenvalue weighted by Crippen LogP contribution is 2.33. The first-order valence-electron chi connectivity index (χ1n) is 6.45. The number of hydrogen-bond donors (Lipinski definition) is 2. The van der Waals surface area contributed by atoms with E-state index in [2.05, 4.69) is 21.2 Å². The average molecular weight is 389 g/mol. The monoisotopic (exact) mass is 387 g/mol. The summed E-state index contributed by atoms with van der Waals surface area (Å²) in [6.07, 6.45) is 1.40. The summed E-state index contributed by atoms with van der Waals surface area (Å²) in [5, 5.41) is 12.7. The van der Waals surface area contributed by atoms with E-state index in [1.54, 1.807) is 25.1 Å². The Kier molecular flexibility index (Phi) is 5.16. The maximum Gasteiger partial charge on any atom is 0.305 e. The first-order valence-corrected chi connectivity index (χ1v) is 7.62. The van der Waals surface area contributed by atoms with E-state index in [0.717, 1.165) is 4.47 Å². The summed E-state index contributed by atoms with van der Waals surface area (Å²) in [6.45, 7) is 2.78.